The predicted molar refractivity (Wildman–Crippen MR) is 78.7 cm³/mol. The highest BCUT2D eigenvalue weighted by atomic mass is 79.9. The zero-order valence-corrected chi connectivity index (χ0v) is 12.9. The smallest absolute Gasteiger partial charge is 0.124 e. The van der Waals surface area contributed by atoms with E-state index in [9.17, 15) is 9.50 Å². The van der Waals surface area contributed by atoms with E-state index in [0.717, 1.165) is 48.9 Å². The van der Waals surface area contributed by atoms with E-state index in [1.54, 1.807) is 6.07 Å². The number of nitrogens with zero attached hydrogens (tertiary/aromatic N) is 1. The number of halogens is 2. The average molecular weight is 330 g/mol. The van der Waals surface area contributed by atoms with Gasteiger partial charge in [0.1, 0.15) is 5.82 Å². The van der Waals surface area contributed by atoms with Gasteiger partial charge in [0.25, 0.3) is 0 Å². The third kappa shape index (κ3) is 4.01. The van der Waals surface area contributed by atoms with Crippen LogP contribution in [0.15, 0.2) is 22.7 Å². The van der Waals surface area contributed by atoms with Crippen molar-refractivity contribution in [2.24, 2.45) is 0 Å². The lowest BCUT2D eigenvalue weighted by molar-refractivity contribution is 0.0257. The second kappa shape index (κ2) is 6.33. The summed E-state index contributed by atoms with van der Waals surface area (Å²) in [5.74, 6) is -0.249. The van der Waals surface area contributed by atoms with Crippen LogP contribution in [0.1, 0.15) is 31.7 Å². The normalized spacial score (nSPS) is 25.3. The highest BCUT2D eigenvalue weighted by Crippen LogP contribution is 2.29. The molecule has 1 aliphatic heterocycles. The van der Waals surface area contributed by atoms with E-state index in [-0.39, 0.29) is 5.82 Å². The van der Waals surface area contributed by atoms with Crippen LogP contribution in [0.2, 0.25) is 0 Å². The van der Waals surface area contributed by atoms with Gasteiger partial charge >= 0.3 is 0 Å². The molecule has 0 bridgehead atoms. The Balaban J connectivity index is 2.08. The highest BCUT2D eigenvalue weighted by Gasteiger charge is 2.30. The lowest BCUT2D eigenvalue weighted by atomic mass is 9.88. The van der Waals surface area contributed by atoms with Crippen molar-refractivity contribution < 1.29 is 9.50 Å². The Labute approximate surface area is 122 Å². The average Bonchev–Trinajstić information content (AvgIpc) is 2.55. The molecule has 1 saturated heterocycles. The first-order chi connectivity index (χ1) is 9.02. The summed E-state index contributed by atoms with van der Waals surface area (Å²) in [7, 11) is 0. The van der Waals surface area contributed by atoms with Crippen LogP contribution < -0.4 is 0 Å². The van der Waals surface area contributed by atoms with Crippen LogP contribution in [0, 0.1) is 5.82 Å². The molecule has 4 heteroatoms. The molecule has 2 nitrogen and oxygen atoms in total. The largest absolute Gasteiger partial charge is 0.389 e. The summed E-state index contributed by atoms with van der Waals surface area (Å²) in [4.78, 5) is 2.37. The van der Waals surface area contributed by atoms with E-state index in [0.29, 0.717) is 6.42 Å². The monoisotopic (exact) mass is 329 g/mol. The van der Waals surface area contributed by atoms with Crippen LogP contribution in [0.3, 0.4) is 0 Å². The minimum absolute atomic E-state index is 0.249. The van der Waals surface area contributed by atoms with E-state index in [1.807, 2.05) is 0 Å². The van der Waals surface area contributed by atoms with Gasteiger partial charge in [-0.05, 0) is 50.0 Å². The van der Waals surface area contributed by atoms with Crippen molar-refractivity contribution in [1.29, 1.82) is 0 Å². The maximum atomic E-state index is 13.1. The number of benzene rings is 1. The standard InChI is InChI=1S/C15H21BrFNO/c1-2-18-8-3-6-15(19,7-9-18)11-12-4-5-13(17)10-14(12)16/h4-5,10,19H,2-3,6-9,11H2,1H3. The molecule has 0 amide bonds. The summed E-state index contributed by atoms with van der Waals surface area (Å²) < 4.78 is 13.8. The zero-order chi connectivity index (χ0) is 13.9. The van der Waals surface area contributed by atoms with Crippen LogP contribution in [0.5, 0.6) is 0 Å². The summed E-state index contributed by atoms with van der Waals surface area (Å²) in [5.41, 5.74) is 0.318. The molecule has 1 atom stereocenters. The first-order valence-electron chi connectivity index (χ1n) is 6.91. The number of likely N-dealkylation sites (tertiary alicyclic amines) is 1. The maximum absolute atomic E-state index is 13.1. The molecule has 2 rings (SSSR count). The molecule has 1 aromatic carbocycles. The Hall–Kier alpha value is -0.450. The summed E-state index contributed by atoms with van der Waals surface area (Å²) >= 11 is 3.38. The van der Waals surface area contributed by atoms with Gasteiger partial charge < -0.3 is 10.0 Å². The molecule has 19 heavy (non-hydrogen) atoms. The number of hydrogen-bond acceptors (Lipinski definition) is 2. The van der Waals surface area contributed by atoms with E-state index >= 15 is 0 Å². The topological polar surface area (TPSA) is 23.5 Å². The van der Waals surface area contributed by atoms with Gasteiger partial charge in [-0.1, -0.05) is 28.9 Å². The summed E-state index contributed by atoms with van der Waals surface area (Å²) in [6.07, 6.45) is 3.20. The van der Waals surface area contributed by atoms with Crippen LogP contribution in [0.4, 0.5) is 4.39 Å². The Morgan fingerprint density at radius 2 is 2.16 bits per heavy atom. The quantitative estimate of drug-likeness (QED) is 0.919. The first-order valence-corrected chi connectivity index (χ1v) is 7.70. The Morgan fingerprint density at radius 3 is 2.84 bits per heavy atom. The van der Waals surface area contributed by atoms with Gasteiger partial charge in [-0.2, -0.15) is 0 Å². The van der Waals surface area contributed by atoms with E-state index < -0.39 is 5.60 Å². The number of aliphatic hydroxyl groups is 1. The third-order valence-electron chi connectivity index (χ3n) is 3.99. The molecule has 0 radical (unpaired) electrons. The van der Waals surface area contributed by atoms with E-state index in [1.165, 1.54) is 12.1 Å². The van der Waals surface area contributed by atoms with Gasteiger partial charge in [0.2, 0.25) is 0 Å². The van der Waals surface area contributed by atoms with Crippen LogP contribution in [-0.4, -0.2) is 35.2 Å². The Bertz CT molecular complexity index is 440. The van der Waals surface area contributed by atoms with Gasteiger partial charge in [-0.25, -0.2) is 4.39 Å². The van der Waals surface area contributed by atoms with Crippen molar-refractivity contribution in [1.82, 2.24) is 4.90 Å². The van der Waals surface area contributed by atoms with E-state index in [4.69, 9.17) is 0 Å². The second-order valence-electron chi connectivity index (χ2n) is 5.42. The lowest BCUT2D eigenvalue weighted by Crippen LogP contribution is -2.33. The van der Waals surface area contributed by atoms with Crippen molar-refractivity contribution in [3.05, 3.63) is 34.1 Å². The van der Waals surface area contributed by atoms with Crippen LogP contribution in [-0.2, 0) is 6.42 Å². The molecular weight excluding hydrogens is 309 g/mol. The Morgan fingerprint density at radius 1 is 1.37 bits per heavy atom. The number of hydrogen-bond donors (Lipinski definition) is 1. The van der Waals surface area contributed by atoms with Crippen molar-refractivity contribution in [3.63, 3.8) is 0 Å². The molecule has 106 valence electrons. The molecule has 0 saturated carbocycles. The fourth-order valence-corrected chi connectivity index (χ4v) is 3.24. The lowest BCUT2D eigenvalue weighted by Gasteiger charge is -2.27. The third-order valence-corrected chi connectivity index (χ3v) is 4.73. The minimum atomic E-state index is -0.662. The molecule has 0 spiro atoms. The molecule has 1 heterocycles. The molecule has 0 aromatic heterocycles. The summed E-state index contributed by atoms with van der Waals surface area (Å²) in [6.45, 7) is 5.19. The molecular formula is C15H21BrFNO. The van der Waals surface area contributed by atoms with Crippen molar-refractivity contribution in [2.75, 3.05) is 19.6 Å². The van der Waals surface area contributed by atoms with Gasteiger partial charge in [0.15, 0.2) is 0 Å². The highest BCUT2D eigenvalue weighted by molar-refractivity contribution is 9.10. The molecule has 1 aromatic rings. The molecule has 0 aliphatic carbocycles. The van der Waals surface area contributed by atoms with Crippen LogP contribution in [0.25, 0.3) is 0 Å². The SMILES string of the molecule is CCN1CCCC(O)(Cc2ccc(F)cc2Br)CC1. The van der Waals surface area contributed by atoms with Crippen molar-refractivity contribution in [2.45, 2.75) is 38.2 Å². The fraction of sp³-hybridized carbons (Fsp3) is 0.600. The van der Waals surface area contributed by atoms with E-state index in [2.05, 4.69) is 27.8 Å². The van der Waals surface area contributed by atoms with Crippen molar-refractivity contribution in [3.8, 4) is 0 Å². The Kier molecular flexibility index (Phi) is 4.98. The molecule has 1 unspecified atom stereocenters. The van der Waals surface area contributed by atoms with Gasteiger partial charge in [-0.15, -0.1) is 0 Å². The molecule has 1 aliphatic rings. The number of rotatable bonds is 3. The molecule has 1 N–H and O–H groups in total. The second-order valence-corrected chi connectivity index (χ2v) is 6.28. The summed E-state index contributed by atoms with van der Waals surface area (Å²) in [5, 5.41) is 10.8. The predicted octanol–water partition coefficient (Wildman–Crippen LogP) is 3.37. The summed E-state index contributed by atoms with van der Waals surface area (Å²) in [6, 6.07) is 4.69. The minimum Gasteiger partial charge on any atom is -0.389 e. The molecule has 1 fully saturated rings. The zero-order valence-electron chi connectivity index (χ0n) is 11.3. The first kappa shape index (κ1) is 14.9. The fourth-order valence-electron chi connectivity index (χ4n) is 2.75. The van der Waals surface area contributed by atoms with Crippen molar-refractivity contribution >= 4 is 15.9 Å². The van der Waals surface area contributed by atoms with Gasteiger partial charge in [-0.3, -0.25) is 0 Å². The van der Waals surface area contributed by atoms with Gasteiger partial charge in [0, 0.05) is 17.4 Å². The van der Waals surface area contributed by atoms with Gasteiger partial charge in [0.05, 0.1) is 5.60 Å². The maximum Gasteiger partial charge on any atom is 0.124 e. The van der Waals surface area contributed by atoms with Crippen LogP contribution >= 0.6 is 15.9 Å².